The zero-order valence-corrected chi connectivity index (χ0v) is 17.0. The van der Waals surface area contributed by atoms with Crippen molar-refractivity contribution in [2.45, 2.75) is 6.54 Å². The van der Waals surface area contributed by atoms with Crippen LogP contribution in [0.3, 0.4) is 0 Å². The fraction of sp³-hybridized carbons (Fsp3) is 0.238. The maximum atomic E-state index is 14.4. The predicted octanol–water partition coefficient (Wildman–Crippen LogP) is 3.44. The Morgan fingerprint density at radius 2 is 1.97 bits per heavy atom. The van der Waals surface area contributed by atoms with Gasteiger partial charge in [-0.25, -0.2) is 24.3 Å². The van der Waals surface area contributed by atoms with Crippen molar-refractivity contribution in [3.05, 3.63) is 59.6 Å². The highest BCUT2D eigenvalue weighted by Crippen LogP contribution is 2.27. The van der Waals surface area contributed by atoms with Gasteiger partial charge in [-0.2, -0.15) is 0 Å². The third-order valence-corrected chi connectivity index (χ3v) is 5.82. The molecule has 4 heterocycles. The van der Waals surface area contributed by atoms with Gasteiger partial charge < -0.3 is 10.6 Å². The van der Waals surface area contributed by atoms with Gasteiger partial charge in [0.2, 0.25) is 5.95 Å². The van der Waals surface area contributed by atoms with Crippen LogP contribution in [-0.4, -0.2) is 51.0 Å². The Morgan fingerprint density at radius 3 is 2.80 bits per heavy atom. The molecule has 0 amide bonds. The Bertz CT molecular complexity index is 1160. The van der Waals surface area contributed by atoms with Crippen LogP contribution in [-0.2, 0) is 6.54 Å². The molecule has 1 aliphatic heterocycles. The van der Waals surface area contributed by atoms with Crippen LogP contribution in [0.1, 0.15) is 5.56 Å². The first-order valence-corrected chi connectivity index (χ1v) is 10.6. The van der Waals surface area contributed by atoms with E-state index in [0.717, 1.165) is 48.5 Å². The van der Waals surface area contributed by atoms with E-state index in [1.807, 2.05) is 36.5 Å². The van der Waals surface area contributed by atoms with E-state index in [9.17, 15) is 4.39 Å². The van der Waals surface area contributed by atoms with Gasteiger partial charge in [0.15, 0.2) is 5.82 Å². The second-order valence-corrected chi connectivity index (χ2v) is 8.01. The number of nitrogens with one attached hydrogen (secondary N) is 2. The number of benzene rings is 1. The number of piperazine rings is 1. The van der Waals surface area contributed by atoms with Gasteiger partial charge in [0, 0.05) is 44.5 Å². The van der Waals surface area contributed by atoms with Crippen LogP contribution in [0.25, 0.3) is 21.5 Å². The van der Waals surface area contributed by atoms with Crippen LogP contribution < -0.4 is 10.6 Å². The highest BCUT2D eigenvalue weighted by atomic mass is 32.1. The van der Waals surface area contributed by atoms with E-state index in [-0.39, 0.29) is 5.69 Å². The van der Waals surface area contributed by atoms with E-state index >= 15 is 0 Å². The smallest absolute Gasteiger partial charge is 0.229 e. The predicted molar refractivity (Wildman–Crippen MR) is 116 cm³/mol. The minimum atomic E-state index is -0.469. The van der Waals surface area contributed by atoms with E-state index in [1.54, 1.807) is 5.51 Å². The largest absolute Gasteiger partial charge is 0.314 e. The summed E-state index contributed by atoms with van der Waals surface area (Å²) in [6, 6.07) is 9.52. The van der Waals surface area contributed by atoms with Gasteiger partial charge in [-0.1, -0.05) is 12.1 Å². The molecule has 9 heteroatoms. The second kappa shape index (κ2) is 8.39. The highest BCUT2D eigenvalue weighted by molar-refractivity contribution is 7.16. The average Bonchev–Trinajstić information content (AvgIpc) is 3.25. The Hall–Kier alpha value is -3.01. The minimum absolute atomic E-state index is 0.248. The minimum Gasteiger partial charge on any atom is -0.314 e. The van der Waals surface area contributed by atoms with E-state index in [1.165, 1.54) is 17.5 Å². The van der Waals surface area contributed by atoms with Crippen LogP contribution in [0.5, 0.6) is 0 Å². The van der Waals surface area contributed by atoms with E-state index in [4.69, 9.17) is 0 Å². The van der Waals surface area contributed by atoms with Gasteiger partial charge >= 0.3 is 0 Å². The number of hydrogen-bond donors (Lipinski definition) is 2. The molecule has 0 unspecified atom stereocenters. The molecule has 7 nitrogen and oxygen atoms in total. The van der Waals surface area contributed by atoms with Crippen molar-refractivity contribution in [2.24, 2.45) is 0 Å². The Kier molecular flexibility index (Phi) is 5.31. The monoisotopic (exact) mass is 421 g/mol. The molecule has 1 saturated heterocycles. The van der Waals surface area contributed by atoms with E-state index < -0.39 is 5.82 Å². The lowest BCUT2D eigenvalue weighted by atomic mass is 10.1. The third kappa shape index (κ3) is 4.13. The van der Waals surface area contributed by atoms with Crippen LogP contribution in [0.2, 0.25) is 0 Å². The molecule has 1 aliphatic rings. The number of rotatable bonds is 5. The summed E-state index contributed by atoms with van der Waals surface area (Å²) in [7, 11) is 0. The standard InChI is InChI=1S/C21H20FN7S/c22-16-11-25-21(28-20(16)15-2-3-17-18(9-15)30-13-26-17)27-19-4-1-14(10-24-19)12-29-7-5-23-6-8-29/h1-4,9-11,13,23H,5-8,12H2,(H,24,25,27,28). The number of fused-ring (bicyclic) bond motifs is 1. The maximum Gasteiger partial charge on any atom is 0.229 e. The molecule has 0 bridgehead atoms. The summed E-state index contributed by atoms with van der Waals surface area (Å²) < 4.78 is 15.4. The van der Waals surface area contributed by atoms with Gasteiger partial charge in [0.05, 0.1) is 21.9 Å². The molecule has 2 N–H and O–H groups in total. The number of aromatic nitrogens is 4. The van der Waals surface area contributed by atoms with Gasteiger partial charge in [0.25, 0.3) is 0 Å². The van der Waals surface area contributed by atoms with E-state index in [2.05, 4.69) is 35.5 Å². The number of pyridine rings is 1. The molecule has 0 atom stereocenters. The van der Waals surface area contributed by atoms with Crippen molar-refractivity contribution in [3.63, 3.8) is 0 Å². The molecular formula is C21H20FN7S. The zero-order valence-electron chi connectivity index (χ0n) is 16.2. The summed E-state index contributed by atoms with van der Waals surface area (Å²) in [5, 5.41) is 6.43. The highest BCUT2D eigenvalue weighted by Gasteiger charge is 2.13. The molecule has 0 saturated carbocycles. The van der Waals surface area contributed by atoms with Crippen LogP contribution in [0, 0.1) is 5.82 Å². The molecule has 0 spiro atoms. The zero-order chi connectivity index (χ0) is 20.3. The van der Waals surface area contributed by atoms with Crippen LogP contribution in [0.15, 0.2) is 48.2 Å². The SMILES string of the molecule is Fc1cnc(Nc2ccc(CN3CCNCC3)cn2)nc1-c1ccc2ncsc2c1. The quantitative estimate of drug-likeness (QED) is 0.511. The summed E-state index contributed by atoms with van der Waals surface area (Å²) in [5.74, 6) is 0.455. The van der Waals surface area contributed by atoms with Gasteiger partial charge in [-0.15, -0.1) is 11.3 Å². The van der Waals surface area contributed by atoms with Gasteiger partial charge in [0.1, 0.15) is 11.5 Å². The van der Waals surface area contributed by atoms with Crippen molar-refractivity contribution < 1.29 is 4.39 Å². The molecular weight excluding hydrogens is 401 g/mol. The summed E-state index contributed by atoms with van der Waals surface area (Å²) in [4.78, 5) is 19.6. The number of hydrogen-bond acceptors (Lipinski definition) is 8. The molecule has 0 aliphatic carbocycles. The third-order valence-electron chi connectivity index (χ3n) is 5.03. The maximum absolute atomic E-state index is 14.4. The molecule has 1 fully saturated rings. The average molecular weight is 422 g/mol. The first kappa shape index (κ1) is 19.0. The van der Waals surface area contributed by atoms with Crippen molar-refractivity contribution >= 4 is 33.3 Å². The summed E-state index contributed by atoms with van der Waals surface area (Å²) in [5.41, 5.74) is 4.75. The number of nitrogens with zero attached hydrogens (tertiary/aromatic N) is 5. The molecule has 152 valence electrons. The molecule has 1 aromatic carbocycles. The number of halogens is 1. The Labute approximate surface area is 177 Å². The summed E-state index contributed by atoms with van der Waals surface area (Å²) in [6.45, 7) is 5.01. The molecule has 30 heavy (non-hydrogen) atoms. The van der Waals surface area contributed by atoms with E-state index in [0.29, 0.717) is 17.3 Å². The summed E-state index contributed by atoms with van der Waals surface area (Å²) in [6.07, 6.45) is 3.03. The lowest BCUT2D eigenvalue weighted by Crippen LogP contribution is -2.42. The van der Waals surface area contributed by atoms with Gasteiger partial charge in [-0.3, -0.25) is 4.90 Å². The normalized spacial score (nSPS) is 14.8. The lowest BCUT2D eigenvalue weighted by molar-refractivity contribution is 0.233. The van der Waals surface area contributed by atoms with Crippen molar-refractivity contribution in [2.75, 3.05) is 31.5 Å². The fourth-order valence-corrected chi connectivity index (χ4v) is 4.18. The molecule has 5 rings (SSSR count). The summed E-state index contributed by atoms with van der Waals surface area (Å²) >= 11 is 1.51. The lowest BCUT2D eigenvalue weighted by Gasteiger charge is -2.27. The first-order chi connectivity index (χ1) is 14.7. The van der Waals surface area contributed by atoms with Crippen LogP contribution >= 0.6 is 11.3 Å². The molecule has 3 aromatic heterocycles. The van der Waals surface area contributed by atoms with Crippen molar-refractivity contribution in [1.29, 1.82) is 0 Å². The van der Waals surface area contributed by atoms with Crippen molar-refractivity contribution in [1.82, 2.24) is 30.2 Å². The first-order valence-electron chi connectivity index (χ1n) is 9.76. The molecule has 0 radical (unpaired) electrons. The number of anilines is 2. The Balaban J connectivity index is 1.33. The fourth-order valence-electron chi connectivity index (χ4n) is 3.47. The number of thiazole rings is 1. The Morgan fingerprint density at radius 1 is 1.07 bits per heavy atom. The molecule has 4 aromatic rings. The second-order valence-electron chi connectivity index (χ2n) is 7.13. The van der Waals surface area contributed by atoms with Crippen molar-refractivity contribution in [3.8, 4) is 11.3 Å². The van der Waals surface area contributed by atoms with Gasteiger partial charge in [-0.05, 0) is 23.8 Å². The van der Waals surface area contributed by atoms with Crippen LogP contribution in [0.4, 0.5) is 16.2 Å². The topological polar surface area (TPSA) is 78.9 Å².